The molecule has 0 bridgehead atoms. The van der Waals surface area contributed by atoms with Gasteiger partial charge in [-0.05, 0) is 24.3 Å². The zero-order valence-electron chi connectivity index (χ0n) is 8.90. The van der Waals surface area contributed by atoms with Gasteiger partial charge in [-0.3, -0.25) is 0 Å². The Morgan fingerprint density at radius 3 is 1.94 bits per heavy atom. The van der Waals surface area contributed by atoms with Crippen molar-refractivity contribution < 1.29 is 34.4 Å². The lowest BCUT2D eigenvalue weighted by atomic mass is 10.3. The maximum absolute atomic E-state index is 12.3. The Morgan fingerprint density at radius 1 is 1.06 bits per heavy atom. The Labute approximate surface area is 99.5 Å². The van der Waals surface area contributed by atoms with Gasteiger partial charge in [-0.1, -0.05) is 19.4 Å². The second-order valence-electron chi connectivity index (χ2n) is 3.59. The standard InChI is InChI=1S/C9H11F5O3S/c10-18(11,12,13,14)9-3-1-8(2-4-9)17-6-7(16)5-15/h1-4,7,15-16H,5-6H2. The summed E-state index contributed by atoms with van der Waals surface area (Å²) >= 11 is 0. The molecule has 0 radical (unpaired) electrons. The van der Waals surface area contributed by atoms with Gasteiger partial charge >= 0.3 is 10.2 Å². The molecular formula is C9H11F5O3S. The van der Waals surface area contributed by atoms with Gasteiger partial charge in [-0.15, -0.1) is 0 Å². The highest BCUT2D eigenvalue weighted by Crippen LogP contribution is 3.02. The summed E-state index contributed by atoms with van der Waals surface area (Å²) in [6.45, 7) is -0.935. The zero-order chi connectivity index (χ0) is 14.1. The second kappa shape index (κ2) is 3.97. The number of halogens is 5. The largest absolute Gasteiger partial charge is 0.491 e. The average Bonchev–Trinajstić information content (AvgIpc) is 2.23. The van der Waals surface area contributed by atoms with Crippen molar-refractivity contribution in [1.82, 2.24) is 0 Å². The van der Waals surface area contributed by atoms with Gasteiger partial charge in [0.05, 0.1) is 6.61 Å². The maximum Gasteiger partial charge on any atom is 0.310 e. The number of rotatable bonds is 5. The van der Waals surface area contributed by atoms with Gasteiger partial charge in [-0.2, -0.15) is 0 Å². The molecule has 9 heteroatoms. The zero-order valence-corrected chi connectivity index (χ0v) is 9.72. The van der Waals surface area contributed by atoms with Gasteiger partial charge in [0, 0.05) is 0 Å². The Bertz CT molecular complexity index is 415. The fourth-order valence-electron chi connectivity index (χ4n) is 1.04. The van der Waals surface area contributed by atoms with Gasteiger partial charge in [-0.25, -0.2) is 0 Å². The van der Waals surface area contributed by atoms with Crippen LogP contribution >= 0.6 is 10.2 Å². The van der Waals surface area contributed by atoms with Gasteiger partial charge in [0.2, 0.25) is 0 Å². The van der Waals surface area contributed by atoms with E-state index < -0.39 is 27.8 Å². The third-order valence-corrected chi connectivity index (χ3v) is 3.09. The van der Waals surface area contributed by atoms with Crippen molar-refractivity contribution >= 4 is 10.2 Å². The molecule has 1 unspecified atom stereocenters. The monoisotopic (exact) mass is 294 g/mol. The van der Waals surface area contributed by atoms with E-state index in [0.29, 0.717) is 0 Å². The molecule has 0 spiro atoms. The van der Waals surface area contributed by atoms with Crippen LogP contribution in [0.2, 0.25) is 0 Å². The number of hydrogen-bond acceptors (Lipinski definition) is 3. The molecule has 0 fully saturated rings. The summed E-state index contributed by atoms with van der Waals surface area (Å²) in [4.78, 5) is -2.01. The van der Waals surface area contributed by atoms with E-state index in [1.807, 2.05) is 0 Å². The molecular weight excluding hydrogens is 283 g/mol. The molecule has 0 saturated heterocycles. The predicted molar refractivity (Wildman–Crippen MR) is 56.4 cm³/mol. The van der Waals surface area contributed by atoms with Crippen molar-refractivity contribution in [1.29, 1.82) is 0 Å². The van der Waals surface area contributed by atoms with Crippen molar-refractivity contribution in [3.63, 3.8) is 0 Å². The van der Waals surface area contributed by atoms with Gasteiger partial charge in [0.25, 0.3) is 0 Å². The van der Waals surface area contributed by atoms with E-state index in [9.17, 15) is 19.4 Å². The molecule has 1 aromatic rings. The van der Waals surface area contributed by atoms with Gasteiger partial charge in [0.1, 0.15) is 23.4 Å². The molecule has 1 aromatic carbocycles. The van der Waals surface area contributed by atoms with E-state index in [4.69, 9.17) is 14.9 Å². The molecule has 3 nitrogen and oxygen atoms in total. The number of aliphatic hydroxyl groups excluding tert-OH is 2. The smallest absolute Gasteiger partial charge is 0.310 e. The topological polar surface area (TPSA) is 49.7 Å². The molecule has 0 aliphatic heterocycles. The first-order valence-electron chi connectivity index (χ1n) is 4.68. The first kappa shape index (κ1) is 15.0. The van der Waals surface area contributed by atoms with E-state index in [1.165, 1.54) is 0 Å². The molecule has 0 aliphatic rings. The van der Waals surface area contributed by atoms with Crippen LogP contribution in [0.25, 0.3) is 0 Å². The lowest BCUT2D eigenvalue weighted by molar-refractivity contribution is 0.0536. The van der Waals surface area contributed by atoms with Crippen LogP contribution in [0.4, 0.5) is 19.4 Å². The van der Waals surface area contributed by atoms with Crippen molar-refractivity contribution in [2.45, 2.75) is 11.0 Å². The lowest BCUT2D eigenvalue weighted by Crippen LogP contribution is -2.21. The SMILES string of the molecule is OCC(O)COc1ccc(S(F)(F)(F)(F)F)cc1. The Morgan fingerprint density at radius 2 is 1.56 bits per heavy atom. The Balaban J connectivity index is 2.82. The molecule has 0 aliphatic carbocycles. The minimum absolute atomic E-state index is 0.117. The maximum atomic E-state index is 12.3. The summed E-state index contributed by atoms with van der Waals surface area (Å²) in [5, 5.41) is 17.4. The fraction of sp³-hybridized carbons (Fsp3) is 0.333. The summed E-state index contributed by atoms with van der Waals surface area (Å²) in [6.07, 6.45) is -1.19. The van der Waals surface area contributed by atoms with Gasteiger partial charge < -0.3 is 14.9 Å². The van der Waals surface area contributed by atoms with Crippen molar-refractivity contribution in [2.75, 3.05) is 13.2 Å². The fourth-order valence-corrected chi connectivity index (χ4v) is 1.69. The quantitative estimate of drug-likeness (QED) is 0.821. The third kappa shape index (κ3) is 4.31. The number of hydrogen-bond donors (Lipinski definition) is 2. The first-order valence-corrected chi connectivity index (χ1v) is 6.63. The Hall–Kier alpha value is -1.06. The normalized spacial score (nSPS) is 17.7. The van der Waals surface area contributed by atoms with E-state index in [0.717, 1.165) is 12.1 Å². The van der Waals surface area contributed by atoms with E-state index in [-0.39, 0.29) is 24.5 Å². The number of ether oxygens (including phenoxy) is 1. The van der Waals surface area contributed by atoms with Crippen LogP contribution in [0.3, 0.4) is 0 Å². The highest BCUT2D eigenvalue weighted by atomic mass is 32.5. The van der Waals surface area contributed by atoms with E-state index in [2.05, 4.69) is 0 Å². The molecule has 0 saturated carbocycles. The molecule has 1 rings (SSSR count). The van der Waals surface area contributed by atoms with E-state index >= 15 is 0 Å². The van der Waals surface area contributed by atoms with Gasteiger partial charge in [0.15, 0.2) is 0 Å². The predicted octanol–water partition coefficient (Wildman–Crippen LogP) is 3.08. The highest BCUT2D eigenvalue weighted by molar-refractivity contribution is 8.45. The number of benzene rings is 1. The Kier molecular flexibility index (Phi) is 3.31. The average molecular weight is 294 g/mol. The summed E-state index contributed by atoms with van der Waals surface area (Å²) in [5.41, 5.74) is 0. The van der Waals surface area contributed by atoms with Crippen LogP contribution < -0.4 is 4.74 Å². The highest BCUT2D eigenvalue weighted by Gasteiger charge is 2.65. The van der Waals surface area contributed by atoms with Crippen molar-refractivity contribution in [3.8, 4) is 5.75 Å². The summed E-state index contributed by atoms with van der Waals surface area (Å²) < 4.78 is 66.5. The van der Waals surface area contributed by atoms with Crippen LogP contribution in [0.1, 0.15) is 0 Å². The summed E-state index contributed by atoms with van der Waals surface area (Å²) in [5.74, 6) is -0.117. The molecule has 0 amide bonds. The van der Waals surface area contributed by atoms with Crippen LogP contribution in [-0.4, -0.2) is 29.5 Å². The van der Waals surface area contributed by atoms with Crippen LogP contribution in [0, 0.1) is 0 Å². The third-order valence-electron chi connectivity index (χ3n) is 1.92. The number of aliphatic hydroxyl groups is 2. The second-order valence-corrected chi connectivity index (χ2v) is 6.00. The minimum Gasteiger partial charge on any atom is -0.491 e. The molecule has 2 N–H and O–H groups in total. The summed E-state index contributed by atoms with van der Waals surface area (Å²) in [6, 6.07) is 1.86. The lowest BCUT2D eigenvalue weighted by Gasteiger charge is -2.40. The molecule has 0 aromatic heterocycles. The molecule has 18 heavy (non-hydrogen) atoms. The van der Waals surface area contributed by atoms with Crippen LogP contribution in [-0.2, 0) is 0 Å². The van der Waals surface area contributed by atoms with Crippen LogP contribution in [0.5, 0.6) is 5.75 Å². The molecule has 106 valence electrons. The molecule has 0 heterocycles. The van der Waals surface area contributed by atoms with Crippen molar-refractivity contribution in [3.05, 3.63) is 24.3 Å². The van der Waals surface area contributed by atoms with E-state index in [1.54, 1.807) is 0 Å². The molecule has 1 atom stereocenters. The minimum atomic E-state index is -9.65. The van der Waals surface area contributed by atoms with Crippen LogP contribution in [0.15, 0.2) is 29.2 Å². The first-order chi connectivity index (χ1) is 7.92. The summed E-state index contributed by atoms with van der Waals surface area (Å²) in [7, 11) is -9.65. The van der Waals surface area contributed by atoms with Crippen molar-refractivity contribution in [2.24, 2.45) is 0 Å².